The van der Waals surface area contributed by atoms with Crippen molar-refractivity contribution >= 4 is 29.2 Å². The number of nitrogens with one attached hydrogen (secondary N) is 1. The summed E-state index contributed by atoms with van der Waals surface area (Å²) in [6.45, 7) is 3.86. The molecular formula is C17H17N3O4S. The maximum Gasteiger partial charge on any atom is 0.351 e. The third kappa shape index (κ3) is 3.53. The second kappa shape index (κ2) is 7.02. The van der Waals surface area contributed by atoms with E-state index in [1.807, 2.05) is 30.3 Å². The van der Waals surface area contributed by atoms with Crippen molar-refractivity contribution in [3.8, 4) is 10.6 Å². The topological polar surface area (TPSA) is 88.6 Å². The van der Waals surface area contributed by atoms with Gasteiger partial charge in [0.05, 0.1) is 5.69 Å². The zero-order valence-corrected chi connectivity index (χ0v) is 14.6. The van der Waals surface area contributed by atoms with Crippen molar-refractivity contribution in [2.45, 2.75) is 20.0 Å². The van der Waals surface area contributed by atoms with Crippen LogP contribution < -0.4 is 5.32 Å². The molecule has 7 nitrogen and oxygen atoms in total. The van der Waals surface area contributed by atoms with Crippen LogP contribution in [0.2, 0.25) is 0 Å². The molecule has 1 unspecified atom stereocenters. The average Bonchev–Trinajstić information content (AvgIpc) is 3.20. The summed E-state index contributed by atoms with van der Waals surface area (Å²) in [5.74, 6) is -1.15. The van der Waals surface area contributed by atoms with Gasteiger partial charge in [-0.05, 0) is 13.8 Å². The van der Waals surface area contributed by atoms with Gasteiger partial charge in [0.2, 0.25) is 0 Å². The Balaban J connectivity index is 1.72. The van der Waals surface area contributed by atoms with Gasteiger partial charge in [-0.2, -0.15) is 0 Å². The second-order valence-electron chi connectivity index (χ2n) is 5.57. The summed E-state index contributed by atoms with van der Waals surface area (Å²) in [5, 5.41) is 3.25. The number of carbonyl (C=O) groups is 3. The van der Waals surface area contributed by atoms with E-state index in [1.54, 1.807) is 6.92 Å². The zero-order chi connectivity index (χ0) is 18.0. The Bertz CT molecular complexity index is 819. The molecule has 1 saturated heterocycles. The molecule has 2 heterocycles. The lowest BCUT2D eigenvalue weighted by atomic mass is 10.2. The SMILES string of the molecule is Cc1nc(-c2ccccc2)sc1C(=O)OC(C)C(=O)N1CCNC1=O. The van der Waals surface area contributed by atoms with Crippen LogP contribution in [0.25, 0.3) is 10.6 Å². The van der Waals surface area contributed by atoms with Crippen LogP contribution in [0, 0.1) is 6.92 Å². The van der Waals surface area contributed by atoms with E-state index in [2.05, 4.69) is 10.3 Å². The fourth-order valence-electron chi connectivity index (χ4n) is 2.46. The lowest BCUT2D eigenvalue weighted by molar-refractivity contribution is -0.136. The molecule has 1 aromatic carbocycles. The minimum absolute atomic E-state index is 0.275. The highest BCUT2D eigenvalue weighted by Gasteiger charge is 2.32. The number of nitrogens with zero attached hydrogens (tertiary/aromatic N) is 2. The number of thiazole rings is 1. The molecular weight excluding hydrogens is 342 g/mol. The highest BCUT2D eigenvalue weighted by atomic mass is 32.1. The van der Waals surface area contributed by atoms with E-state index in [0.29, 0.717) is 22.1 Å². The van der Waals surface area contributed by atoms with Crippen molar-refractivity contribution in [3.05, 3.63) is 40.9 Å². The van der Waals surface area contributed by atoms with Crippen LogP contribution in [0.1, 0.15) is 22.3 Å². The number of amides is 3. The molecule has 3 amide bonds. The fourth-order valence-corrected chi connectivity index (χ4v) is 3.41. The maximum absolute atomic E-state index is 12.4. The lowest BCUT2D eigenvalue weighted by Crippen LogP contribution is -2.41. The minimum atomic E-state index is -1.04. The normalized spacial score (nSPS) is 15.0. The van der Waals surface area contributed by atoms with Crippen LogP contribution in [0.5, 0.6) is 0 Å². The first-order chi connectivity index (χ1) is 12.0. The molecule has 0 bridgehead atoms. The predicted octanol–water partition coefficient (Wildman–Crippen LogP) is 2.22. The lowest BCUT2D eigenvalue weighted by Gasteiger charge is -2.17. The number of urea groups is 1. The van der Waals surface area contributed by atoms with Crippen LogP contribution >= 0.6 is 11.3 Å². The Kier molecular flexibility index (Phi) is 4.80. The summed E-state index contributed by atoms with van der Waals surface area (Å²) in [4.78, 5) is 41.9. The van der Waals surface area contributed by atoms with Gasteiger partial charge in [-0.1, -0.05) is 30.3 Å². The number of esters is 1. The van der Waals surface area contributed by atoms with E-state index in [1.165, 1.54) is 18.3 Å². The van der Waals surface area contributed by atoms with Crippen molar-refractivity contribution in [2.24, 2.45) is 0 Å². The smallest absolute Gasteiger partial charge is 0.351 e. The predicted molar refractivity (Wildman–Crippen MR) is 92.3 cm³/mol. The Hall–Kier alpha value is -2.74. The number of hydrogen-bond donors (Lipinski definition) is 1. The first-order valence-corrected chi connectivity index (χ1v) is 8.62. The van der Waals surface area contributed by atoms with Crippen molar-refractivity contribution < 1.29 is 19.1 Å². The van der Waals surface area contributed by atoms with E-state index in [9.17, 15) is 14.4 Å². The number of imide groups is 1. The van der Waals surface area contributed by atoms with Crippen LogP contribution in [0.15, 0.2) is 30.3 Å². The van der Waals surface area contributed by atoms with Gasteiger partial charge in [0.15, 0.2) is 6.10 Å². The van der Waals surface area contributed by atoms with E-state index in [0.717, 1.165) is 10.5 Å². The molecule has 0 saturated carbocycles. The van der Waals surface area contributed by atoms with Gasteiger partial charge >= 0.3 is 12.0 Å². The maximum atomic E-state index is 12.4. The van der Waals surface area contributed by atoms with Gasteiger partial charge in [0, 0.05) is 18.7 Å². The van der Waals surface area contributed by atoms with E-state index >= 15 is 0 Å². The first kappa shape index (κ1) is 17.1. The van der Waals surface area contributed by atoms with E-state index in [-0.39, 0.29) is 6.54 Å². The average molecular weight is 359 g/mol. The third-order valence-corrected chi connectivity index (χ3v) is 4.94. The molecule has 1 aliphatic heterocycles. The molecule has 3 rings (SSSR count). The number of aromatic nitrogens is 1. The molecule has 130 valence electrons. The van der Waals surface area contributed by atoms with Crippen molar-refractivity contribution in [1.82, 2.24) is 15.2 Å². The van der Waals surface area contributed by atoms with Gasteiger partial charge in [0.1, 0.15) is 9.88 Å². The van der Waals surface area contributed by atoms with Gasteiger partial charge in [-0.3, -0.25) is 9.69 Å². The van der Waals surface area contributed by atoms with Gasteiger partial charge < -0.3 is 10.1 Å². The standard InChI is InChI=1S/C17H17N3O4S/c1-10-13(25-14(19-10)12-6-4-3-5-7-12)16(22)24-11(2)15(21)20-9-8-18-17(20)23/h3-7,11H,8-9H2,1-2H3,(H,18,23). The zero-order valence-electron chi connectivity index (χ0n) is 13.8. The van der Waals surface area contributed by atoms with Crippen LogP contribution in [-0.2, 0) is 9.53 Å². The molecule has 1 aromatic heterocycles. The van der Waals surface area contributed by atoms with Crippen molar-refractivity contribution in [1.29, 1.82) is 0 Å². The molecule has 25 heavy (non-hydrogen) atoms. The van der Waals surface area contributed by atoms with Gasteiger partial charge in [0.25, 0.3) is 5.91 Å². The quantitative estimate of drug-likeness (QED) is 0.846. The van der Waals surface area contributed by atoms with Crippen LogP contribution in [-0.4, -0.2) is 47.0 Å². The molecule has 1 aliphatic rings. The van der Waals surface area contributed by atoms with E-state index in [4.69, 9.17) is 4.74 Å². The Labute approximate surface area is 148 Å². The number of ether oxygens (including phenoxy) is 1. The van der Waals surface area contributed by atoms with Crippen LogP contribution in [0.4, 0.5) is 4.79 Å². The number of rotatable bonds is 4. The highest BCUT2D eigenvalue weighted by molar-refractivity contribution is 7.17. The molecule has 1 N–H and O–H groups in total. The van der Waals surface area contributed by atoms with E-state index < -0.39 is 24.0 Å². The van der Waals surface area contributed by atoms with Crippen LogP contribution in [0.3, 0.4) is 0 Å². The summed E-state index contributed by atoms with van der Waals surface area (Å²) in [5.41, 5.74) is 1.46. The Morgan fingerprint density at radius 1 is 1.32 bits per heavy atom. The molecule has 8 heteroatoms. The van der Waals surface area contributed by atoms with Crippen molar-refractivity contribution in [3.63, 3.8) is 0 Å². The molecule has 0 radical (unpaired) electrons. The minimum Gasteiger partial charge on any atom is -0.448 e. The number of carbonyl (C=O) groups excluding carboxylic acids is 3. The summed E-state index contributed by atoms with van der Waals surface area (Å²) in [6.07, 6.45) is -1.04. The summed E-state index contributed by atoms with van der Waals surface area (Å²) in [7, 11) is 0. The second-order valence-corrected chi connectivity index (χ2v) is 6.57. The number of benzene rings is 1. The number of hydrogen-bond acceptors (Lipinski definition) is 6. The molecule has 2 aromatic rings. The Morgan fingerprint density at radius 2 is 2.04 bits per heavy atom. The monoisotopic (exact) mass is 359 g/mol. The first-order valence-electron chi connectivity index (χ1n) is 7.80. The molecule has 0 aliphatic carbocycles. The summed E-state index contributed by atoms with van der Waals surface area (Å²) in [6, 6.07) is 9.05. The summed E-state index contributed by atoms with van der Waals surface area (Å²) >= 11 is 1.22. The molecule has 1 fully saturated rings. The van der Waals surface area contributed by atoms with Gasteiger partial charge in [-0.25, -0.2) is 14.6 Å². The van der Waals surface area contributed by atoms with Crippen molar-refractivity contribution in [2.75, 3.05) is 13.1 Å². The number of aryl methyl sites for hydroxylation is 1. The van der Waals surface area contributed by atoms with Gasteiger partial charge in [-0.15, -0.1) is 11.3 Å². The highest BCUT2D eigenvalue weighted by Crippen LogP contribution is 2.28. The largest absolute Gasteiger partial charge is 0.448 e. The Morgan fingerprint density at radius 3 is 2.68 bits per heavy atom. The third-order valence-electron chi connectivity index (χ3n) is 3.76. The summed E-state index contributed by atoms with van der Waals surface area (Å²) < 4.78 is 5.25. The fraction of sp³-hybridized carbons (Fsp3) is 0.294. The molecule has 1 atom stereocenters. The molecule has 0 spiro atoms.